The van der Waals surface area contributed by atoms with Crippen LogP contribution in [0.25, 0.3) is 10.9 Å². The average molecular weight is 479 g/mol. The van der Waals surface area contributed by atoms with E-state index in [0.29, 0.717) is 30.1 Å². The zero-order valence-corrected chi connectivity index (χ0v) is 19.8. The highest BCUT2D eigenvalue weighted by Gasteiger charge is 2.39. The van der Waals surface area contributed by atoms with Gasteiger partial charge in [-0.2, -0.15) is 0 Å². The molecule has 0 spiro atoms. The van der Waals surface area contributed by atoms with Crippen LogP contribution in [0, 0.1) is 5.82 Å². The van der Waals surface area contributed by atoms with E-state index in [1.165, 1.54) is 18.2 Å². The Morgan fingerprint density at radius 2 is 1.86 bits per heavy atom. The van der Waals surface area contributed by atoms with E-state index >= 15 is 4.39 Å². The van der Waals surface area contributed by atoms with Crippen molar-refractivity contribution in [3.05, 3.63) is 69.8 Å². The Labute approximate surface area is 203 Å². The number of pyridine rings is 1. The summed E-state index contributed by atoms with van der Waals surface area (Å²) >= 11 is 0. The summed E-state index contributed by atoms with van der Waals surface area (Å²) in [6, 6.07) is 13.3. The molecule has 0 amide bonds. The molecule has 0 aliphatic heterocycles. The van der Waals surface area contributed by atoms with Gasteiger partial charge in [0.25, 0.3) is 0 Å². The number of halogens is 1. The molecule has 2 fully saturated rings. The lowest BCUT2D eigenvalue weighted by molar-refractivity contribution is 0.0695. The van der Waals surface area contributed by atoms with Crippen molar-refractivity contribution < 1.29 is 14.3 Å². The number of aromatic carboxylic acids is 1. The first-order valence-corrected chi connectivity index (χ1v) is 12.3. The monoisotopic (exact) mass is 478 g/mol. The minimum absolute atomic E-state index is 0.0832. The number of nitrogens with zero attached hydrogens (tertiary/aromatic N) is 1. The van der Waals surface area contributed by atoms with Crippen molar-refractivity contribution in [2.24, 2.45) is 0 Å². The number of fused-ring (bicyclic) bond motifs is 1. The van der Waals surface area contributed by atoms with E-state index in [1.807, 2.05) is 13.0 Å². The molecule has 1 unspecified atom stereocenters. The molecule has 2 aromatic carbocycles. The van der Waals surface area contributed by atoms with Crippen molar-refractivity contribution in [3.63, 3.8) is 0 Å². The number of carbonyl (C=O) groups is 1. The second-order valence-corrected chi connectivity index (χ2v) is 9.73. The maximum absolute atomic E-state index is 15.2. The first-order valence-electron chi connectivity index (χ1n) is 12.3. The molecule has 1 aromatic heterocycles. The Morgan fingerprint density at radius 3 is 2.51 bits per heavy atom. The second kappa shape index (κ2) is 9.34. The first-order chi connectivity index (χ1) is 16.9. The van der Waals surface area contributed by atoms with Gasteiger partial charge in [0.1, 0.15) is 5.56 Å². The summed E-state index contributed by atoms with van der Waals surface area (Å²) in [6.45, 7) is 2.25. The molecule has 3 aromatic rings. The van der Waals surface area contributed by atoms with Gasteiger partial charge in [-0.15, -0.1) is 0 Å². The molecule has 184 valence electrons. The van der Waals surface area contributed by atoms with Crippen LogP contribution < -0.4 is 21.8 Å². The van der Waals surface area contributed by atoms with Crippen molar-refractivity contribution in [2.45, 2.75) is 69.6 Å². The van der Waals surface area contributed by atoms with Crippen molar-refractivity contribution in [1.29, 1.82) is 0 Å². The first kappa shape index (κ1) is 23.4. The van der Waals surface area contributed by atoms with E-state index in [2.05, 4.69) is 34.9 Å². The fraction of sp³-hybridized carbons (Fsp3) is 0.407. The SMILES string of the molecule is CCn1cc(C(=O)O)c(=O)c2c(N)c(F)c(NC3CCC(N[C@@H]4CC4c4ccccc4)CC3)cc21. The Kier molecular flexibility index (Phi) is 6.23. The molecule has 2 atom stereocenters. The smallest absolute Gasteiger partial charge is 0.341 e. The van der Waals surface area contributed by atoms with Crippen molar-refractivity contribution >= 4 is 28.2 Å². The molecule has 5 rings (SSSR count). The van der Waals surface area contributed by atoms with Gasteiger partial charge in [0, 0.05) is 36.8 Å². The van der Waals surface area contributed by atoms with Crippen LogP contribution in [0.2, 0.25) is 0 Å². The number of rotatable bonds is 7. The number of hydrogen-bond acceptors (Lipinski definition) is 5. The lowest BCUT2D eigenvalue weighted by atomic mass is 9.90. The predicted octanol–water partition coefficient (Wildman–Crippen LogP) is 4.31. The van der Waals surface area contributed by atoms with E-state index in [4.69, 9.17) is 5.73 Å². The number of carboxylic acid groups (broad SMARTS) is 1. The van der Waals surface area contributed by atoms with Gasteiger partial charge < -0.3 is 26.0 Å². The van der Waals surface area contributed by atoms with Crippen molar-refractivity contribution in [2.75, 3.05) is 11.1 Å². The molecule has 0 radical (unpaired) electrons. The maximum atomic E-state index is 15.2. The van der Waals surface area contributed by atoms with Crippen LogP contribution in [-0.2, 0) is 6.54 Å². The van der Waals surface area contributed by atoms with Gasteiger partial charge in [-0.05, 0) is 50.7 Å². The third-order valence-corrected chi connectivity index (χ3v) is 7.47. The fourth-order valence-electron chi connectivity index (χ4n) is 5.44. The zero-order chi connectivity index (χ0) is 24.7. The Bertz CT molecular complexity index is 1320. The summed E-state index contributed by atoms with van der Waals surface area (Å²) in [5.41, 5.74) is 6.62. The number of aromatic nitrogens is 1. The van der Waals surface area contributed by atoms with E-state index < -0.39 is 22.8 Å². The fourth-order valence-corrected chi connectivity index (χ4v) is 5.44. The largest absolute Gasteiger partial charge is 0.477 e. The van der Waals surface area contributed by atoms with E-state index in [-0.39, 0.29) is 22.8 Å². The molecular formula is C27H31FN4O3. The van der Waals surface area contributed by atoms with E-state index in [1.54, 1.807) is 10.6 Å². The molecule has 35 heavy (non-hydrogen) atoms. The van der Waals surface area contributed by atoms with Gasteiger partial charge in [0.15, 0.2) is 5.82 Å². The van der Waals surface area contributed by atoms with Crippen LogP contribution in [0.3, 0.4) is 0 Å². The number of nitrogens with two attached hydrogens (primary N) is 1. The molecule has 8 heteroatoms. The number of hydrogen-bond donors (Lipinski definition) is 4. The van der Waals surface area contributed by atoms with Crippen LogP contribution in [0.1, 0.15) is 60.9 Å². The Morgan fingerprint density at radius 1 is 1.17 bits per heavy atom. The topological polar surface area (TPSA) is 109 Å². The van der Waals surface area contributed by atoms with E-state index in [0.717, 1.165) is 25.7 Å². The number of benzene rings is 2. The molecule has 1 heterocycles. The lowest BCUT2D eigenvalue weighted by Crippen LogP contribution is -2.38. The molecule has 7 nitrogen and oxygen atoms in total. The third-order valence-electron chi connectivity index (χ3n) is 7.47. The van der Waals surface area contributed by atoms with Crippen LogP contribution >= 0.6 is 0 Å². The average Bonchev–Trinajstić information content (AvgIpc) is 3.63. The van der Waals surface area contributed by atoms with Gasteiger partial charge in [-0.1, -0.05) is 30.3 Å². The second-order valence-electron chi connectivity index (χ2n) is 9.73. The minimum atomic E-state index is -1.35. The number of anilines is 2. The Hall–Kier alpha value is -3.39. The van der Waals surface area contributed by atoms with Crippen LogP contribution in [-0.4, -0.2) is 33.8 Å². The summed E-state index contributed by atoms with van der Waals surface area (Å²) in [6.07, 6.45) is 6.27. The molecule has 2 aliphatic carbocycles. The lowest BCUT2D eigenvalue weighted by Gasteiger charge is -2.31. The summed E-state index contributed by atoms with van der Waals surface area (Å²) in [5, 5.41) is 16.4. The predicted molar refractivity (Wildman–Crippen MR) is 136 cm³/mol. The molecular weight excluding hydrogens is 447 g/mol. The number of carboxylic acids is 1. The zero-order valence-electron chi connectivity index (χ0n) is 19.8. The number of aryl methyl sites for hydroxylation is 1. The third kappa shape index (κ3) is 4.50. The molecule has 0 saturated heterocycles. The highest BCUT2D eigenvalue weighted by molar-refractivity contribution is 5.99. The summed E-state index contributed by atoms with van der Waals surface area (Å²) in [4.78, 5) is 24.2. The highest BCUT2D eigenvalue weighted by Crippen LogP contribution is 2.41. The maximum Gasteiger partial charge on any atom is 0.341 e. The van der Waals surface area contributed by atoms with Gasteiger partial charge in [0.05, 0.1) is 22.3 Å². The standard InChI is InChI=1S/C27H31FN4O3/c1-2-32-14-19(27(34)35)26(33)23-22(32)13-21(24(28)25(23)29)31-17-10-8-16(9-11-17)30-20-12-18(20)15-6-4-3-5-7-15/h3-7,13-14,16-18,20,30-31H,2,8-12,29H2,1H3,(H,34,35)/t16?,17?,18?,20-/m1/s1. The minimum Gasteiger partial charge on any atom is -0.477 e. The van der Waals surface area contributed by atoms with E-state index in [9.17, 15) is 14.7 Å². The van der Waals surface area contributed by atoms with Gasteiger partial charge in [-0.25, -0.2) is 9.18 Å². The van der Waals surface area contributed by atoms with Crippen LogP contribution in [0.5, 0.6) is 0 Å². The Balaban J connectivity index is 1.27. The summed E-state index contributed by atoms with van der Waals surface area (Å²) in [5.74, 6) is -1.46. The van der Waals surface area contributed by atoms with Gasteiger partial charge in [0.2, 0.25) is 5.43 Å². The highest BCUT2D eigenvalue weighted by atomic mass is 19.1. The molecule has 2 saturated carbocycles. The van der Waals surface area contributed by atoms with Crippen LogP contribution in [0.15, 0.2) is 47.4 Å². The summed E-state index contributed by atoms with van der Waals surface area (Å²) < 4.78 is 16.8. The number of nitrogen functional groups attached to an aromatic ring is 1. The van der Waals surface area contributed by atoms with Crippen LogP contribution in [0.4, 0.5) is 15.8 Å². The van der Waals surface area contributed by atoms with Gasteiger partial charge >= 0.3 is 5.97 Å². The molecule has 0 bridgehead atoms. The van der Waals surface area contributed by atoms with Crippen molar-refractivity contribution in [3.8, 4) is 0 Å². The summed E-state index contributed by atoms with van der Waals surface area (Å²) in [7, 11) is 0. The quantitative estimate of drug-likeness (QED) is 0.377. The molecule has 5 N–H and O–H groups in total. The van der Waals surface area contributed by atoms with Gasteiger partial charge in [-0.3, -0.25) is 4.79 Å². The normalized spacial score (nSPS) is 23.8. The molecule has 2 aliphatic rings. The van der Waals surface area contributed by atoms with Crippen molar-refractivity contribution in [1.82, 2.24) is 9.88 Å². The number of nitrogens with one attached hydrogen (secondary N) is 2.